The number of hydrogen-bond donors (Lipinski definition) is 0. The van der Waals surface area contributed by atoms with Gasteiger partial charge in [0.2, 0.25) is 11.5 Å². The van der Waals surface area contributed by atoms with Gasteiger partial charge in [-0.15, -0.1) is 0 Å². The highest BCUT2D eigenvalue weighted by molar-refractivity contribution is 5.91. The average Bonchev–Trinajstić information content (AvgIpc) is 3.36. The Morgan fingerprint density at radius 3 is 1.04 bits per heavy atom. The normalized spacial score (nSPS) is 18.9. The first-order valence-electron chi connectivity index (χ1n) is 22.6. The number of esters is 2. The molecule has 4 aromatic rings. The maximum absolute atomic E-state index is 12.9. The fraction of sp³-hybridized carbons (Fsp3) is 0.462. The molecule has 0 saturated carbocycles. The number of halogens is 2. The molecule has 2 heterocycles. The van der Waals surface area contributed by atoms with E-state index in [1.54, 1.807) is 71.1 Å². The highest BCUT2D eigenvalue weighted by Crippen LogP contribution is 2.50. The van der Waals surface area contributed by atoms with Crippen LogP contribution < -0.4 is 72.2 Å². The van der Waals surface area contributed by atoms with Gasteiger partial charge in [0.15, 0.2) is 46.0 Å². The second kappa shape index (κ2) is 25.3. The van der Waals surface area contributed by atoms with E-state index in [0.29, 0.717) is 92.4 Å². The van der Waals surface area contributed by atoms with E-state index in [4.69, 9.17) is 56.8 Å². The van der Waals surface area contributed by atoms with Crippen LogP contribution in [-0.4, -0.2) is 145 Å². The highest BCUT2D eigenvalue weighted by Gasteiger charge is 2.43. The van der Waals surface area contributed by atoms with E-state index in [9.17, 15) is 9.59 Å². The molecule has 16 nitrogen and oxygen atoms in total. The third kappa shape index (κ3) is 12.0. The summed E-state index contributed by atoms with van der Waals surface area (Å²) in [4.78, 5) is 25.8. The zero-order valence-electron chi connectivity index (χ0n) is 42.4. The van der Waals surface area contributed by atoms with Crippen molar-refractivity contribution in [1.29, 1.82) is 0 Å². The third-order valence-corrected chi connectivity index (χ3v) is 13.4. The summed E-state index contributed by atoms with van der Waals surface area (Å²) >= 11 is 0. The van der Waals surface area contributed by atoms with Crippen molar-refractivity contribution in [1.82, 2.24) is 0 Å². The van der Waals surface area contributed by atoms with Gasteiger partial charge < -0.3 is 90.6 Å². The fourth-order valence-corrected chi connectivity index (χ4v) is 10.0. The smallest absolute Gasteiger partial charge is 0.331 e. The van der Waals surface area contributed by atoms with Gasteiger partial charge in [-0.25, -0.2) is 9.59 Å². The number of benzene rings is 4. The topological polar surface area (TPSA) is 145 Å². The lowest BCUT2D eigenvalue weighted by Crippen LogP contribution is -3.00. The molecule has 0 amide bonds. The molecule has 0 fully saturated rings. The first-order valence-corrected chi connectivity index (χ1v) is 22.6. The Balaban J connectivity index is 0.00000533. The minimum Gasteiger partial charge on any atom is -1.00 e. The zero-order valence-corrected chi connectivity index (χ0v) is 43.9. The summed E-state index contributed by atoms with van der Waals surface area (Å²) in [6.45, 7) is 3.23. The van der Waals surface area contributed by atoms with Crippen molar-refractivity contribution in [2.75, 3.05) is 125 Å². The molecule has 6 rings (SSSR count). The van der Waals surface area contributed by atoms with Crippen molar-refractivity contribution in [3.8, 4) is 57.5 Å². The first kappa shape index (κ1) is 56.6. The van der Waals surface area contributed by atoms with Crippen LogP contribution in [0.1, 0.15) is 58.3 Å². The van der Waals surface area contributed by atoms with Crippen LogP contribution in [0.4, 0.5) is 0 Å². The first-order chi connectivity index (χ1) is 32.8. The minimum atomic E-state index is -0.628. The molecule has 18 heteroatoms. The van der Waals surface area contributed by atoms with E-state index >= 15 is 0 Å². The number of carbonyl (C=O) groups is 2. The predicted molar refractivity (Wildman–Crippen MR) is 255 cm³/mol. The van der Waals surface area contributed by atoms with Gasteiger partial charge in [0, 0.05) is 60.1 Å². The lowest BCUT2D eigenvalue weighted by Gasteiger charge is -2.46. The molecule has 2 aliphatic rings. The van der Waals surface area contributed by atoms with Gasteiger partial charge in [0.1, 0.15) is 12.1 Å². The van der Waals surface area contributed by atoms with Gasteiger partial charge in [-0.2, -0.15) is 0 Å². The van der Waals surface area contributed by atoms with Crippen LogP contribution in [0.15, 0.2) is 60.7 Å². The fourth-order valence-electron chi connectivity index (χ4n) is 10.0. The Hall–Kier alpha value is -5.94. The molecular formula is C52H68Cl2N2O14. The number of nitrogens with zero attached hydrogens (tertiary/aromatic N) is 2. The molecule has 4 atom stereocenters. The molecule has 0 N–H and O–H groups in total. The van der Waals surface area contributed by atoms with Gasteiger partial charge in [-0.3, -0.25) is 0 Å². The largest absolute Gasteiger partial charge is 1.00 e. The van der Waals surface area contributed by atoms with Gasteiger partial charge >= 0.3 is 11.9 Å². The van der Waals surface area contributed by atoms with Crippen molar-refractivity contribution in [2.45, 2.75) is 37.8 Å². The van der Waals surface area contributed by atoms with E-state index in [1.165, 1.54) is 0 Å². The molecule has 384 valence electrons. The van der Waals surface area contributed by atoms with Crippen LogP contribution >= 0.6 is 0 Å². The number of fused-ring (bicyclic) bond motifs is 2. The van der Waals surface area contributed by atoms with E-state index in [-0.39, 0.29) is 50.1 Å². The van der Waals surface area contributed by atoms with Gasteiger partial charge in [0.05, 0.1) is 125 Å². The maximum atomic E-state index is 12.9. The second-order valence-corrected chi connectivity index (χ2v) is 17.3. The van der Waals surface area contributed by atoms with Crippen molar-refractivity contribution < 1.29 is 100 Å². The van der Waals surface area contributed by atoms with Crippen molar-refractivity contribution in [3.05, 3.63) is 94.1 Å². The Kier molecular flexibility index (Phi) is 20.4. The summed E-state index contributed by atoms with van der Waals surface area (Å²) in [6, 6.07) is 15.8. The van der Waals surface area contributed by atoms with Crippen molar-refractivity contribution in [3.63, 3.8) is 0 Å². The van der Waals surface area contributed by atoms with E-state index < -0.39 is 11.9 Å². The third-order valence-electron chi connectivity index (χ3n) is 13.4. The SMILES string of the molecule is COc1cc2c(cc1OC)C(c1cc(OC)c(OC)c(OC)c1)[N@+](C)(CCCOC(=O)/C=C/C(=O)OCCC[N@+]1(C)CCc3cc(OC)c(OC)cc3[C@H]1c1cc(OC)c(OC)c(OC)c1)CC2.[Cl-].[Cl-]. The number of methoxy groups -OCH3 is 10. The summed E-state index contributed by atoms with van der Waals surface area (Å²) in [5.41, 5.74) is 6.39. The van der Waals surface area contributed by atoms with E-state index in [0.717, 1.165) is 71.5 Å². The maximum Gasteiger partial charge on any atom is 0.331 e. The molecule has 0 aliphatic carbocycles. The number of likely N-dealkylation sites (N-methyl/N-ethyl adjacent to an activating group) is 2. The molecule has 0 spiro atoms. The van der Waals surface area contributed by atoms with Crippen LogP contribution in [0.2, 0.25) is 0 Å². The highest BCUT2D eigenvalue weighted by atomic mass is 35.5. The minimum absolute atomic E-state index is 0. The van der Waals surface area contributed by atoms with Crippen molar-refractivity contribution in [2.24, 2.45) is 0 Å². The summed E-state index contributed by atoms with van der Waals surface area (Å²) in [5, 5.41) is 0. The Labute approximate surface area is 424 Å². The van der Waals surface area contributed by atoms with E-state index in [1.807, 2.05) is 48.5 Å². The van der Waals surface area contributed by atoms with E-state index in [2.05, 4.69) is 14.1 Å². The van der Waals surface area contributed by atoms with Gasteiger partial charge in [0.25, 0.3) is 0 Å². The standard InChI is InChI=1S/C52H68N2O14.2ClH/c1-53(21-17-33-25-39(57-3)41(59-5)31-37(33)49(53)35-27-43(61-7)51(65-11)44(28-35)62-8)19-13-23-67-47(55)15-16-48(56)68-24-14-20-54(2)22-18-34-26-40(58-4)42(60-6)32-38(34)50(54)36-29-45(63-9)52(66-12)46(30-36)64-10;;/h15-16,25-32,49-50H,13-14,17-24H2,1-12H3;2*1H/q+2;;/p-2/b16-15+;;/t49-,50?,53-,54-;;/m1../s1. The lowest BCUT2D eigenvalue weighted by atomic mass is 9.85. The lowest BCUT2D eigenvalue weighted by molar-refractivity contribution is -0.935. The van der Waals surface area contributed by atoms with Gasteiger partial charge in [-0.1, -0.05) is 0 Å². The molecule has 1 unspecified atom stereocenters. The molecule has 0 bridgehead atoms. The quantitative estimate of drug-likeness (QED) is 0.0480. The van der Waals surface area contributed by atoms with Gasteiger partial charge in [-0.05, 0) is 59.7 Å². The summed E-state index contributed by atoms with van der Waals surface area (Å²) in [6.07, 6.45) is 4.94. The van der Waals surface area contributed by atoms with Crippen LogP contribution in [0.5, 0.6) is 57.5 Å². The molecular weight excluding hydrogens is 947 g/mol. The number of rotatable bonds is 22. The van der Waals surface area contributed by atoms with Crippen LogP contribution in [0.25, 0.3) is 0 Å². The second-order valence-electron chi connectivity index (χ2n) is 17.3. The monoisotopic (exact) mass is 1010 g/mol. The van der Waals surface area contributed by atoms with Crippen molar-refractivity contribution >= 4 is 11.9 Å². The number of ether oxygens (including phenoxy) is 12. The molecule has 0 radical (unpaired) electrons. The van der Waals surface area contributed by atoms with Crippen LogP contribution in [0, 0.1) is 0 Å². The Morgan fingerprint density at radius 1 is 0.457 bits per heavy atom. The average molecular weight is 1020 g/mol. The zero-order chi connectivity index (χ0) is 49.2. The number of carbonyl (C=O) groups excluding carboxylic acids is 2. The molecule has 0 aromatic heterocycles. The number of hydrogen-bond acceptors (Lipinski definition) is 14. The Bertz CT molecular complexity index is 2250. The summed E-state index contributed by atoms with van der Waals surface area (Å²) < 4.78 is 69.5. The predicted octanol–water partition coefficient (Wildman–Crippen LogP) is 1.09. The number of quaternary nitrogens is 2. The molecule has 4 aromatic carbocycles. The summed E-state index contributed by atoms with van der Waals surface area (Å²) in [5.74, 6) is 4.54. The molecule has 2 aliphatic heterocycles. The van der Waals surface area contributed by atoms with Crippen LogP contribution in [0.3, 0.4) is 0 Å². The molecule has 70 heavy (non-hydrogen) atoms. The van der Waals surface area contributed by atoms with Crippen LogP contribution in [-0.2, 0) is 31.9 Å². The molecule has 0 saturated heterocycles. The Morgan fingerprint density at radius 2 is 0.757 bits per heavy atom. The summed E-state index contributed by atoms with van der Waals surface area (Å²) in [7, 11) is 20.5.